The number of amides is 3. The van der Waals surface area contributed by atoms with Gasteiger partial charge in [-0.15, -0.1) is 11.3 Å². The summed E-state index contributed by atoms with van der Waals surface area (Å²) in [7, 11) is 0. The van der Waals surface area contributed by atoms with Crippen LogP contribution in [0.5, 0.6) is 11.5 Å². The monoisotopic (exact) mass is 936 g/mol. The third-order valence-electron chi connectivity index (χ3n) is 13.8. The molecule has 5 heterocycles. The van der Waals surface area contributed by atoms with Crippen LogP contribution in [-0.4, -0.2) is 116 Å². The molecule has 3 fully saturated rings. The minimum atomic E-state index is -1.96. The molecule has 5 N–H and O–H groups in total. The number of aliphatic hydroxyl groups is 1. The van der Waals surface area contributed by atoms with Crippen LogP contribution in [0.4, 0.5) is 4.39 Å². The van der Waals surface area contributed by atoms with Crippen molar-refractivity contribution in [1.29, 1.82) is 0 Å². The number of unbranched alkanes of at least 4 members (excludes halogenated alkanes) is 3. The highest BCUT2D eigenvalue weighted by Crippen LogP contribution is 2.41. The molecule has 4 aliphatic rings. The summed E-state index contributed by atoms with van der Waals surface area (Å²) in [6.45, 7) is 11.9. The Hall–Kier alpha value is -5.45. The number of carbonyl (C=O) groups excluding carboxylic acids is 3. The van der Waals surface area contributed by atoms with Crippen molar-refractivity contribution in [1.82, 2.24) is 40.9 Å². The van der Waals surface area contributed by atoms with Gasteiger partial charge in [0.1, 0.15) is 23.6 Å². The van der Waals surface area contributed by atoms with E-state index < -0.39 is 47.0 Å². The normalized spacial score (nSPS) is 21.1. The van der Waals surface area contributed by atoms with Gasteiger partial charge in [0.25, 0.3) is 5.91 Å². The summed E-state index contributed by atoms with van der Waals surface area (Å²) in [5.74, 6) is -0.200. The molecule has 3 aliphatic heterocycles. The zero-order valence-electron chi connectivity index (χ0n) is 39.1. The smallest absolute Gasteiger partial charge is 0.258 e. The molecule has 0 spiro atoms. The van der Waals surface area contributed by atoms with Gasteiger partial charge in [-0.05, 0) is 124 Å². The first-order valence-electron chi connectivity index (χ1n) is 23.9. The molecule has 14 nitrogen and oxygen atoms in total. The van der Waals surface area contributed by atoms with E-state index in [1.165, 1.54) is 10.5 Å². The molecule has 8 rings (SSSR count). The lowest BCUT2D eigenvalue weighted by Gasteiger charge is -2.35. The number of phenols is 1. The number of alkyl halides is 1. The SMILES string of the molecule is Cc1ncsc1-c1ccc(CNC(=O)[C@@H]2C[C@@H](O)CN2C(=O)[C@@H](NC(=O)C2(F)CC2)C(C)(C)C)c(OCCCCCCN2CCC(C3=CNCC3c3ccc(-c4ccccc4O)nn3)CC2)c1. The van der Waals surface area contributed by atoms with Crippen molar-refractivity contribution in [2.75, 3.05) is 39.3 Å². The molecule has 0 radical (unpaired) electrons. The van der Waals surface area contributed by atoms with Gasteiger partial charge in [-0.3, -0.25) is 14.4 Å². The van der Waals surface area contributed by atoms with E-state index in [2.05, 4.69) is 42.2 Å². The molecule has 4 atom stereocenters. The summed E-state index contributed by atoms with van der Waals surface area (Å²) in [4.78, 5) is 49.8. The van der Waals surface area contributed by atoms with Crippen molar-refractivity contribution >= 4 is 29.1 Å². The number of piperidine rings is 1. The van der Waals surface area contributed by atoms with Crippen molar-refractivity contribution in [3.63, 3.8) is 0 Å². The molecule has 2 aromatic carbocycles. The number of phenolic OH excluding ortho intramolecular Hbond substituents is 1. The lowest BCUT2D eigenvalue weighted by atomic mass is 9.82. The van der Waals surface area contributed by atoms with E-state index in [-0.39, 0.29) is 44.0 Å². The first-order chi connectivity index (χ1) is 32.2. The Morgan fingerprint density at radius 2 is 1.81 bits per heavy atom. The average molecular weight is 937 g/mol. The van der Waals surface area contributed by atoms with Gasteiger partial charge in [0.2, 0.25) is 11.8 Å². The Kier molecular flexibility index (Phi) is 14.9. The van der Waals surface area contributed by atoms with E-state index in [0.29, 0.717) is 29.5 Å². The van der Waals surface area contributed by atoms with Crippen LogP contribution in [0, 0.1) is 18.3 Å². The topological polar surface area (TPSA) is 182 Å². The minimum Gasteiger partial charge on any atom is -0.507 e. The van der Waals surface area contributed by atoms with Crippen LogP contribution >= 0.6 is 11.3 Å². The van der Waals surface area contributed by atoms with Crippen LogP contribution in [-0.2, 0) is 20.9 Å². The zero-order valence-corrected chi connectivity index (χ0v) is 39.9. The predicted molar refractivity (Wildman–Crippen MR) is 256 cm³/mol. The largest absolute Gasteiger partial charge is 0.507 e. The second kappa shape index (κ2) is 20.8. The van der Waals surface area contributed by atoms with Crippen molar-refractivity contribution in [3.8, 4) is 33.2 Å². The van der Waals surface area contributed by atoms with Crippen LogP contribution in [0.15, 0.2) is 71.9 Å². The fourth-order valence-corrected chi connectivity index (χ4v) is 10.4. The number of aromatic hydroxyl groups is 1. The van der Waals surface area contributed by atoms with Gasteiger partial charge in [-0.25, -0.2) is 9.37 Å². The number of hydrogen-bond acceptors (Lipinski definition) is 12. The molecule has 358 valence electrons. The molecule has 1 saturated carbocycles. The molecule has 1 unspecified atom stereocenters. The minimum absolute atomic E-state index is 0.0485. The molecular formula is C51H65FN8O6S. The van der Waals surface area contributed by atoms with Gasteiger partial charge < -0.3 is 40.7 Å². The van der Waals surface area contributed by atoms with Gasteiger partial charge in [0.05, 0.1) is 40.2 Å². The van der Waals surface area contributed by atoms with Crippen molar-refractivity contribution < 1.29 is 33.7 Å². The Morgan fingerprint density at radius 3 is 2.51 bits per heavy atom. The van der Waals surface area contributed by atoms with E-state index in [4.69, 9.17) is 4.74 Å². The summed E-state index contributed by atoms with van der Waals surface area (Å²) in [5.41, 5.74) is 5.48. The number of benzene rings is 2. The van der Waals surface area contributed by atoms with Crippen molar-refractivity contribution in [3.05, 3.63) is 88.8 Å². The van der Waals surface area contributed by atoms with E-state index >= 15 is 0 Å². The lowest BCUT2D eigenvalue weighted by Crippen LogP contribution is -2.59. The molecule has 3 amide bonds. The number of ether oxygens (including phenoxy) is 1. The number of β-amino-alcohol motifs (C(OH)–C–C–N with tert-alkyl or cyclic N) is 1. The second-order valence-corrected chi connectivity index (χ2v) is 20.6. The molecule has 67 heavy (non-hydrogen) atoms. The van der Waals surface area contributed by atoms with Gasteiger partial charge in [0, 0.05) is 43.1 Å². The summed E-state index contributed by atoms with van der Waals surface area (Å²) in [5, 5.41) is 39.0. The standard InChI is InChI=1S/C51H65FN8O6S/c1-32-45(67-31-55-32)34-13-14-35(27-54-47(63)42-26-36(61)30-60(42)48(64)46(50(2,3)4)56-49(65)51(52)19-20-51)44(25-34)66-24-10-6-5-9-21-59-22-17-33(18-23-59)38-28-53-29-39(38)41-16-15-40(57-58-41)37-11-7-8-12-43(37)62/h7-8,11-16,25,28,31,33,36,39,42,46,53,61-62H,5-6,9-10,17-24,26-27,29-30H2,1-4H3,(H,54,63)(H,56,65)/t36-,39?,42+,46-/m1/s1. The maximum atomic E-state index is 14.6. The Labute approximate surface area is 396 Å². The number of nitrogens with zero attached hydrogens (tertiary/aromatic N) is 5. The number of nitrogens with one attached hydrogen (secondary N) is 3. The molecular weight excluding hydrogens is 872 g/mol. The van der Waals surface area contributed by atoms with Gasteiger partial charge in [-0.2, -0.15) is 10.2 Å². The highest BCUT2D eigenvalue weighted by molar-refractivity contribution is 7.13. The number of para-hydroxylation sites is 1. The molecule has 0 bridgehead atoms. The summed E-state index contributed by atoms with van der Waals surface area (Å²) >= 11 is 1.56. The number of thiazole rings is 1. The predicted octanol–water partition coefficient (Wildman–Crippen LogP) is 6.81. The number of aromatic nitrogens is 3. The Balaban J connectivity index is 0.797. The first-order valence-corrected chi connectivity index (χ1v) is 24.8. The number of rotatable bonds is 18. The number of hydrogen-bond donors (Lipinski definition) is 5. The summed E-state index contributed by atoms with van der Waals surface area (Å²) in [6.07, 6.45) is 7.89. The molecule has 16 heteroatoms. The molecule has 2 aromatic heterocycles. The van der Waals surface area contributed by atoms with Crippen LogP contribution in [0.2, 0.25) is 0 Å². The number of carbonyl (C=O) groups is 3. The number of aliphatic hydroxyl groups excluding tert-OH is 1. The second-order valence-electron chi connectivity index (χ2n) is 19.8. The summed E-state index contributed by atoms with van der Waals surface area (Å²) in [6, 6.07) is 15.1. The van der Waals surface area contributed by atoms with E-state index in [0.717, 1.165) is 92.1 Å². The Bertz CT molecular complexity index is 2410. The maximum Gasteiger partial charge on any atom is 0.258 e. The lowest BCUT2D eigenvalue weighted by molar-refractivity contribution is -0.145. The summed E-state index contributed by atoms with van der Waals surface area (Å²) < 4.78 is 21.1. The average Bonchev–Trinajstić information content (AvgIpc) is 3.62. The number of halogens is 1. The fraction of sp³-hybridized carbons (Fsp3) is 0.529. The molecule has 4 aromatic rings. The number of aryl methyl sites for hydroxylation is 1. The molecule has 1 aliphatic carbocycles. The van der Waals surface area contributed by atoms with E-state index in [1.807, 2.05) is 54.9 Å². The third kappa shape index (κ3) is 11.5. The van der Waals surface area contributed by atoms with E-state index in [9.17, 15) is 29.0 Å². The maximum absolute atomic E-state index is 14.6. The van der Waals surface area contributed by atoms with Crippen LogP contribution in [0.25, 0.3) is 21.7 Å². The number of likely N-dealkylation sites (tertiary alicyclic amines) is 2. The van der Waals surface area contributed by atoms with Gasteiger partial charge in [-0.1, -0.05) is 57.9 Å². The van der Waals surface area contributed by atoms with Gasteiger partial charge in [0.15, 0.2) is 5.67 Å². The molecule has 2 saturated heterocycles. The van der Waals surface area contributed by atoms with Gasteiger partial charge >= 0.3 is 0 Å². The quantitative estimate of drug-likeness (QED) is 0.0661. The van der Waals surface area contributed by atoms with Crippen molar-refractivity contribution in [2.45, 2.75) is 122 Å². The van der Waals surface area contributed by atoms with Crippen LogP contribution in [0.1, 0.15) is 101 Å². The highest BCUT2D eigenvalue weighted by atomic mass is 32.1. The van der Waals surface area contributed by atoms with Crippen LogP contribution in [0.3, 0.4) is 0 Å². The fourth-order valence-electron chi connectivity index (χ4n) is 9.59. The van der Waals surface area contributed by atoms with E-state index in [1.54, 1.807) is 44.2 Å². The van der Waals surface area contributed by atoms with Crippen molar-refractivity contribution in [2.24, 2.45) is 11.3 Å². The first kappa shape index (κ1) is 48.0. The van der Waals surface area contributed by atoms with Crippen LogP contribution < -0.4 is 20.7 Å². The zero-order chi connectivity index (χ0) is 47.3. The Morgan fingerprint density at radius 1 is 1.03 bits per heavy atom. The highest BCUT2D eigenvalue weighted by Gasteiger charge is 2.53. The third-order valence-corrected chi connectivity index (χ3v) is 14.8.